The molecule has 0 nitrogen and oxygen atoms in total. The molecule has 0 saturated carbocycles. The summed E-state index contributed by atoms with van der Waals surface area (Å²) in [6.45, 7) is 14.5. The maximum absolute atomic E-state index is 2.57. The van der Waals surface area contributed by atoms with Crippen molar-refractivity contribution in [3.8, 4) is 0 Å². The van der Waals surface area contributed by atoms with Crippen molar-refractivity contribution in [2.45, 2.75) is 132 Å². The summed E-state index contributed by atoms with van der Waals surface area (Å²) in [4.78, 5) is 0. The van der Waals surface area contributed by atoms with E-state index in [0.29, 0.717) is 0 Å². The summed E-state index contributed by atoms with van der Waals surface area (Å²) in [7, 11) is 0. The van der Waals surface area contributed by atoms with Gasteiger partial charge in [0.05, 0.1) is 0 Å². The van der Waals surface area contributed by atoms with E-state index in [1.54, 1.807) is 13.3 Å². The van der Waals surface area contributed by atoms with Crippen molar-refractivity contribution < 1.29 is 0 Å². The van der Waals surface area contributed by atoms with Crippen LogP contribution in [0.2, 0.25) is 13.3 Å². The minimum atomic E-state index is -2.56. The van der Waals surface area contributed by atoms with E-state index < -0.39 is 18.4 Å². The average molecular weight is 535 g/mol. The van der Waals surface area contributed by atoms with Gasteiger partial charge in [-0.2, -0.15) is 0 Å². The van der Waals surface area contributed by atoms with Crippen LogP contribution in [-0.4, -0.2) is 18.4 Å². The number of benzene rings is 1. The molecule has 0 aliphatic rings. The predicted octanol–water partition coefficient (Wildman–Crippen LogP) is 9.99. The summed E-state index contributed by atoms with van der Waals surface area (Å²) in [5.41, 5.74) is 0. The first kappa shape index (κ1) is 29.1. The summed E-state index contributed by atoms with van der Waals surface area (Å²) in [6, 6.07) is 12.1. The summed E-state index contributed by atoms with van der Waals surface area (Å²) >= 11 is -2.56. The van der Waals surface area contributed by atoms with Crippen LogP contribution in [0.3, 0.4) is 0 Å². The Morgan fingerprint density at radius 3 is 1.19 bits per heavy atom. The summed E-state index contributed by atoms with van der Waals surface area (Å²) in [5, 5.41) is 0. The molecule has 1 heteroatoms. The normalized spacial score (nSPS) is 16.6. The Bertz CT molecular complexity index is 477. The summed E-state index contributed by atoms with van der Waals surface area (Å²) < 4.78 is 6.69. The zero-order valence-electron chi connectivity index (χ0n) is 22.2. The fraction of sp³-hybridized carbons (Fsp3) is 0.800. The third-order valence-corrected chi connectivity index (χ3v) is 24.1. The van der Waals surface area contributed by atoms with Gasteiger partial charge in [0, 0.05) is 0 Å². The van der Waals surface area contributed by atoms with Crippen molar-refractivity contribution in [1.29, 1.82) is 0 Å². The van der Waals surface area contributed by atoms with Crippen LogP contribution in [0.15, 0.2) is 30.3 Å². The molecule has 1 rings (SSSR count). The minimum absolute atomic E-state index is 0.961. The third kappa shape index (κ3) is 10.7. The Hall–Kier alpha value is 0.0187. The van der Waals surface area contributed by atoms with Gasteiger partial charge in [0.2, 0.25) is 0 Å². The molecule has 3 atom stereocenters. The van der Waals surface area contributed by atoms with Gasteiger partial charge >= 0.3 is 202 Å². The van der Waals surface area contributed by atoms with E-state index in [-0.39, 0.29) is 0 Å². The first-order valence-corrected chi connectivity index (χ1v) is 21.6. The third-order valence-electron chi connectivity index (χ3n) is 8.05. The number of hydrogen-bond donors (Lipinski definition) is 0. The molecule has 0 aliphatic heterocycles. The molecule has 0 radical (unpaired) electrons. The molecule has 3 unspecified atom stereocenters. The molecule has 0 amide bonds. The Morgan fingerprint density at radius 2 is 0.903 bits per heavy atom. The molecule has 0 saturated heterocycles. The molecule has 0 fully saturated rings. The summed E-state index contributed by atoms with van der Waals surface area (Å²) in [6.07, 6.45) is 16.9. The van der Waals surface area contributed by atoms with Crippen LogP contribution >= 0.6 is 0 Å². The van der Waals surface area contributed by atoms with Crippen LogP contribution in [0.25, 0.3) is 0 Å². The van der Waals surface area contributed by atoms with E-state index in [9.17, 15) is 0 Å². The standard InChI is InChI=1S/3C8H17.C6H5.Sn/c3*1-4-6-7-8(3)5-2;1-2-4-6-5-3-1;/h3*8H,3-7H2,1-2H3;1-5H;. The molecule has 0 bridgehead atoms. The van der Waals surface area contributed by atoms with Gasteiger partial charge in [0.15, 0.2) is 0 Å². The molecule has 180 valence electrons. The van der Waals surface area contributed by atoms with Gasteiger partial charge in [0.25, 0.3) is 0 Å². The van der Waals surface area contributed by atoms with Crippen LogP contribution < -0.4 is 3.58 Å². The molecule has 0 N–H and O–H groups in total. The SMILES string of the molecule is CCCCC(CC)[CH2][Sn]([CH2]C(CC)CCCC)([CH2]C(CC)CCCC)[c]1ccccc1. The Kier molecular flexibility index (Phi) is 16.4. The molecular weight excluding hydrogens is 479 g/mol. The Morgan fingerprint density at radius 1 is 0.548 bits per heavy atom. The van der Waals surface area contributed by atoms with E-state index in [0.717, 1.165) is 17.8 Å². The molecule has 31 heavy (non-hydrogen) atoms. The summed E-state index contributed by atoms with van der Waals surface area (Å²) in [5.74, 6) is 2.88. The van der Waals surface area contributed by atoms with E-state index in [2.05, 4.69) is 71.9 Å². The molecule has 0 aliphatic carbocycles. The van der Waals surface area contributed by atoms with E-state index in [1.807, 2.05) is 3.58 Å². The topological polar surface area (TPSA) is 0 Å². The second-order valence-electron chi connectivity index (χ2n) is 10.5. The van der Waals surface area contributed by atoms with Crippen LogP contribution in [0.1, 0.15) is 119 Å². The predicted molar refractivity (Wildman–Crippen MR) is 146 cm³/mol. The zero-order valence-corrected chi connectivity index (χ0v) is 25.1. The van der Waals surface area contributed by atoms with Crippen LogP contribution in [-0.2, 0) is 0 Å². The van der Waals surface area contributed by atoms with Crippen molar-refractivity contribution in [3.63, 3.8) is 0 Å². The van der Waals surface area contributed by atoms with Crippen molar-refractivity contribution in [2.24, 2.45) is 17.8 Å². The van der Waals surface area contributed by atoms with Gasteiger partial charge in [-0.3, -0.25) is 0 Å². The quantitative estimate of drug-likeness (QED) is 0.155. The first-order valence-electron chi connectivity index (χ1n) is 14.1. The number of rotatable bonds is 19. The second-order valence-corrected chi connectivity index (χ2v) is 23.0. The van der Waals surface area contributed by atoms with Crippen LogP contribution in [0.5, 0.6) is 0 Å². The monoisotopic (exact) mass is 536 g/mol. The van der Waals surface area contributed by atoms with Crippen LogP contribution in [0, 0.1) is 17.8 Å². The van der Waals surface area contributed by atoms with Crippen molar-refractivity contribution in [3.05, 3.63) is 30.3 Å². The van der Waals surface area contributed by atoms with Gasteiger partial charge in [-0.1, -0.05) is 0 Å². The van der Waals surface area contributed by atoms with Gasteiger partial charge in [-0.25, -0.2) is 0 Å². The second kappa shape index (κ2) is 17.5. The molecule has 0 heterocycles. The average Bonchev–Trinajstić information content (AvgIpc) is 2.82. The Labute approximate surface area is 201 Å². The van der Waals surface area contributed by atoms with Crippen molar-refractivity contribution in [1.82, 2.24) is 0 Å². The van der Waals surface area contributed by atoms with Crippen LogP contribution in [0.4, 0.5) is 0 Å². The van der Waals surface area contributed by atoms with E-state index >= 15 is 0 Å². The van der Waals surface area contributed by atoms with Gasteiger partial charge in [-0.15, -0.1) is 0 Å². The van der Waals surface area contributed by atoms with Gasteiger partial charge < -0.3 is 0 Å². The van der Waals surface area contributed by atoms with Gasteiger partial charge in [-0.05, 0) is 0 Å². The van der Waals surface area contributed by atoms with E-state index in [4.69, 9.17) is 0 Å². The fourth-order valence-electron chi connectivity index (χ4n) is 5.88. The fourth-order valence-corrected chi connectivity index (χ4v) is 25.6. The molecule has 0 spiro atoms. The van der Waals surface area contributed by atoms with Crippen molar-refractivity contribution >= 4 is 22.0 Å². The Balaban J connectivity index is 3.35. The molecule has 1 aromatic rings. The number of hydrogen-bond acceptors (Lipinski definition) is 0. The molecule has 0 aromatic heterocycles. The van der Waals surface area contributed by atoms with Gasteiger partial charge in [0.1, 0.15) is 0 Å². The van der Waals surface area contributed by atoms with Crippen molar-refractivity contribution in [2.75, 3.05) is 0 Å². The zero-order chi connectivity index (χ0) is 23.0. The first-order chi connectivity index (χ1) is 15.1. The molecule has 1 aromatic carbocycles. The number of unbranched alkanes of at least 4 members (excludes halogenated alkanes) is 3. The van der Waals surface area contributed by atoms with E-state index in [1.165, 1.54) is 77.0 Å². The molecular formula is C30H56Sn. The maximum atomic E-state index is 2.57.